The van der Waals surface area contributed by atoms with E-state index < -0.39 is 5.72 Å². The molecule has 22 heavy (non-hydrogen) atoms. The highest BCUT2D eigenvalue weighted by molar-refractivity contribution is 5.90. The SMILES string of the molecule is CCOC(=O)c1cccc(N2CCCC2(CN=[N+]=[N-])OC)c1. The first-order chi connectivity index (χ1) is 10.7. The number of esters is 1. The van der Waals surface area contributed by atoms with E-state index in [0.717, 1.165) is 25.1 Å². The predicted molar refractivity (Wildman–Crippen MR) is 82.7 cm³/mol. The summed E-state index contributed by atoms with van der Waals surface area (Å²) < 4.78 is 10.7. The molecular formula is C15H20N4O3. The van der Waals surface area contributed by atoms with Crippen molar-refractivity contribution < 1.29 is 14.3 Å². The van der Waals surface area contributed by atoms with Crippen LogP contribution in [0, 0.1) is 0 Å². The Hall–Kier alpha value is -2.24. The first-order valence-corrected chi connectivity index (χ1v) is 7.27. The lowest BCUT2D eigenvalue weighted by molar-refractivity contribution is 0.00690. The maximum atomic E-state index is 11.9. The quantitative estimate of drug-likeness (QED) is 0.349. The van der Waals surface area contributed by atoms with Gasteiger partial charge in [-0.25, -0.2) is 4.79 Å². The molecule has 1 saturated heterocycles. The van der Waals surface area contributed by atoms with Gasteiger partial charge in [-0.15, -0.1) is 0 Å². The second kappa shape index (κ2) is 7.15. The van der Waals surface area contributed by atoms with Crippen LogP contribution >= 0.6 is 0 Å². The minimum Gasteiger partial charge on any atom is -0.462 e. The summed E-state index contributed by atoms with van der Waals surface area (Å²) in [5.74, 6) is -0.346. The average molecular weight is 304 g/mol. The number of nitrogens with zero attached hydrogens (tertiary/aromatic N) is 4. The topological polar surface area (TPSA) is 87.5 Å². The minimum absolute atomic E-state index is 0.226. The van der Waals surface area contributed by atoms with E-state index in [0.29, 0.717) is 12.2 Å². The molecule has 1 aromatic carbocycles. The van der Waals surface area contributed by atoms with Crippen LogP contribution in [0.3, 0.4) is 0 Å². The van der Waals surface area contributed by atoms with Crippen molar-refractivity contribution in [2.24, 2.45) is 5.11 Å². The van der Waals surface area contributed by atoms with E-state index in [9.17, 15) is 4.79 Å². The van der Waals surface area contributed by atoms with Gasteiger partial charge < -0.3 is 14.4 Å². The molecule has 0 aromatic heterocycles. The fourth-order valence-corrected chi connectivity index (χ4v) is 2.82. The van der Waals surface area contributed by atoms with E-state index in [2.05, 4.69) is 10.0 Å². The zero-order chi connectivity index (χ0) is 16.0. The van der Waals surface area contributed by atoms with Gasteiger partial charge in [0.25, 0.3) is 0 Å². The number of anilines is 1. The van der Waals surface area contributed by atoms with Gasteiger partial charge >= 0.3 is 5.97 Å². The number of rotatable bonds is 6. The van der Waals surface area contributed by atoms with Gasteiger partial charge in [-0.2, -0.15) is 0 Å². The summed E-state index contributed by atoms with van der Waals surface area (Å²) in [6.45, 7) is 3.12. The molecule has 1 aliphatic rings. The van der Waals surface area contributed by atoms with Crippen LogP contribution in [0.4, 0.5) is 5.69 Å². The third-order valence-corrected chi connectivity index (χ3v) is 3.87. The van der Waals surface area contributed by atoms with Crippen molar-refractivity contribution in [2.45, 2.75) is 25.5 Å². The fourth-order valence-electron chi connectivity index (χ4n) is 2.82. The molecule has 0 spiro atoms. The maximum Gasteiger partial charge on any atom is 0.338 e. The molecule has 0 N–H and O–H groups in total. The lowest BCUT2D eigenvalue weighted by Crippen LogP contribution is -2.48. The van der Waals surface area contributed by atoms with Crippen molar-refractivity contribution in [3.63, 3.8) is 0 Å². The second-order valence-corrected chi connectivity index (χ2v) is 5.07. The van der Waals surface area contributed by atoms with Gasteiger partial charge in [0, 0.05) is 24.3 Å². The summed E-state index contributed by atoms with van der Waals surface area (Å²) in [7, 11) is 1.61. The number of azide groups is 1. The molecule has 0 bridgehead atoms. The lowest BCUT2D eigenvalue weighted by atomic mass is 10.1. The van der Waals surface area contributed by atoms with Crippen LogP contribution in [0.1, 0.15) is 30.1 Å². The molecule has 2 rings (SSSR count). The molecule has 0 amide bonds. The van der Waals surface area contributed by atoms with E-state index in [1.165, 1.54) is 0 Å². The van der Waals surface area contributed by atoms with Crippen LogP contribution in [-0.2, 0) is 9.47 Å². The average Bonchev–Trinajstić information content (AvgIpc) is 2.97. The number of carbonyl (C=O) groups is 1. The van der Waals surface area contributed by atoms with Gasteiger partial charge in [-0.05, 0) is 43.5 Å². The summed E-state index contributed by atoms with van der Waals surface area (Å²) >= 11 is 0. The molecule has 1 fully saturated rings. The second-order valence-electron chi connectivity index (χ2n) is 5.07. The van der Waals surface area contributed by atoms with Crippen molar-refractivity contribution in [2.75, 3.05) is 31.7 Å². The Morgan fingerprint density at radius 3 is 3.05 bits per heavy atom. The van der Waals surface area contributed by atoms with Gasteiger partial charge in [0.2, 0.25) is 0 Å². The fraction of sp³-hybridized carbons (Fsp3) is 0.533. The summed E-state index contributed by atoms with van der Waals surface area (Å²) in [4.78, 5) is 16.8. The molecule has 7 heteroatoms. The highest BCUT2D eigenvalue weighted by Gasteiger charge is 2.41. The van der Waals surface area contributed by atoms with Gasteiger partial charge in [-0.3, -0.25) is 0 Å². The van der Waals surface area contributed by atoms with Gasteiger partial charge in [0.1, 0.15) is 5.72 Å². The molecule has 118 valence electrons. The monoisotopic (exact) mass is 304 g/mol. The highest BCUT2D eigenvalue weighted by atomic mass is 16.5. The number of hydrogen-bond donors (Lipinski definition) is 0. The first kappa shape index (κ1) is 16.1. The molecular weight excluding hydrogens is 284 g/mol. The lowest BCUT2D eigenvalue weighted by Gasteiger charge is -2.38. The smallest absolute Gasteiger partial charge is 0.338 e. The Balaban J connectivity index is 2.31. The van der Waals surface area contributed by atoms with Crippen LogP contribution in [-0.4, -0.2) is 38.5 Å². The molecule has 1 heterocycles. The van der Waals surface area contributed by atoms with Crippen molar-refractivity contribution in [1.82, 2.24) is 0 Å². The van der Waals surface area contributed by atoms with Crippen LogP contribution in [0.15, 0.2) is 29.4 Å². The number of carbonyl (C=O) groups excluding carboxylic acids is 1. The number of methoxy groups -OCH3 is 1. The van der Waals surface area contributed by atoms with Crippen LogP contribution < -0.4 is 4.90 Å². The van der Waals surface area contributed by atoms with Crippen molar-refractivity contribution in [3.05, 3.63) is 40.3 Å². The minimum atomic E-state index is -0.653. The van der Waals surface area contributed by atoms with E-state index >= 15 is 0 Å². The summed E-state index contributed by atoms with van der Waals surface area (Å²) in [5.41, 5.74) is 9.30. The first-order valence-electron chi connectivity index (χ1n) is 7.27. The molecule has 7 nitrogen and oxygen atoms in total. The molecule has 1 aromatic rings. The van der Waals surface area contributed by atoms with E-state index in [-0.39, 0.29) is 12.5 Å². The van der Waals surface area contributed by atoms with Crippen LogP contribution in [0.5, 0.6) is 0 Å². The Morgan fingerprint density at radius 1 is 1.55 bits per heavy atom. The highest BCUT2D eigenvalue weighted by Crippen LogP contribution is 2.35. The molecule has 1 atom stereocenters. The van der Waals surface area contributed by atoms with Crippen LogP contribution in [0.2, 0.25) is 0 Å². The van der Waals surface area contributed by atoms with Gasteiger partial charge in [0.15, 0.2) is 0 Å². The largest absolute Gasteiger partial charge is 0.462 e. The molecule has 0 aliphatic carbocycles. The third kappa shape index (κ3) is 3.16. The Morgan fingerprint density at radius 2 is 2.36 bits per heavy atom. The molecule has 1 aliphatic heterocycles. The van der Waals surface area contributed by atoms with Crippen LogP contribution in [0.25, 0.3) is 10.4 Å². The van der Waals surface area contributed by atoms with Crippen molar-refractivity contribution >= 4 is 11.7 Å². The molecule has 0 radical (unpaired) electrons. The van der Waals surface area contributed by atoms with Gasteiger partial charge in [-0.1, -0.05) is 11.2 Å². The Labute approximate surface area is 129 Å². The van der Waals surface area contributed by atoms with E-state index in [4.69, 9.17) is 15.0 Å². The predicted octanol–water partition coefficient (Wildman–Crippen LogP) is 3.12. The molecule has 0 saturated carbocycles. The number of benzene rings is 1. The summed E-state index contributed by atoms with van der Waals surface area (Å²) in [6.07, 6.45) is 1.70. The zero-order valence-electron chi connectivity index (χ0n) is 12.9. The Kier molecular flexibility index (Phi) is 5.25. The number of ether oxygens (including phenoxy) is 2. The maximum absolute atomic E-state index is 11.9. The zero-order valence-corrected chi connectivity index (χ0v) is 12.9. The van der Waals surface area contributed by atoms with Crippen molar-refractivity contribution in [1.29, 1.82) is 0 Å². The summed E-state index contributed by atoms with van der Waals surface area (Å²) in [6, 6.07) is 7.23. The molecule has 1 unspecified atom stereocenters. The summed E-state index contributed by atoms with van der Waals surface area (Å²) in [5, 5.41) is 3.68. The van der Waals surface area contributed by atoms with Crippen molar-refractivity contribution in [3.8, 4) is 0 Å². The normalized spacial score (nSPS) is 20.5. The standard InChI is InChI=1S/C15H20N4O3/c1-3-22-14(20)12-6-4-7-13(10-12)19-9-5-8-15(19,21-2)11-17-18-16/h4,6-7,10H,3,5,8-9,11H2,1-2H3. The Bertz CT molecular complexity index is 586. The van der Waals surface area contributed by atoms with E-state index in [1.807, 2.05) is 17.0 Å². The number of hydrogen-bond acceptors (Lipinski definition) is 5. The van der Waals surface area contributed by atoms with Gasteiger partial charge in [0.05, 0.1) is 18.7 Å². The third-order valence-electron chi connectivity index (χ3n) is 3.87. The van der Waals surface area contributed by atoms with E-state index in [1.54, 1.807) is 26.2 Å².